The van der Waals surface area contributed by atoms with E-state index >= 15 is 0 Å². The molecule has 0 bridgehead atoms. The molecule has 0 radical (unpaired) electrons. The van der Waals surface area contributed by atoms with Crippen molar-refractivity contribution in [1.82, 2.24) is 19.6 Å². The summed E-state index contributed by atoms with van der Waals surface area (Å²) in [6.07, 6.45) is 11.9. The zero-order chi connectivity index (χ0) is 21.6. The first-order valence-electron chi connectivity index (χ1n) is 11.6. The van der Waals surface area contributed by atoms with Gasteiger partial charge in [-0.15, -0.1) is 0 Å². The van der Waals surface area contributed by atoms with Crippen molar-refractivity contribution in [3.8, 4) is 11.4 Å². The standard InChI is InChI=1S/C24H32N4O3/c1-2-3-4-5-6-7-8-14-27-16-13-18-17-19(11-12-20(18)27)22-25-23(31-26-22)21-10-9-15-28(21)24(29)30/h11-13,16-17,21H,2-10,14-15H2,1H3,(H,29,30). The molecule has 1 aromatic carbocycles. The Bertz CT molecular complexity index is 1010. The smallest absolute Gasteiger partial charge is 0.407 e. The van der Waals surface area contributed by atoms with Crippen LogP contribution in [0.3, 0.4) is 0 Å². The Hall–Kier alpha value is -2.83. The third-order valence-electron chi connectivity index (χ3n) is 6.26. The number of aromatic nitrogens is 3. The fourth-order valence-electron chi connectivity index (χ4n) is 4.51. The second-order valence-corrected chi connectivity index (χ2v) is 8.49. The number of benzene rings is 1. The number of nitrogens with zero attached hydrogens (tertiary/aromatic N) is 4. The lowest BCUT2D eigenvalue weighted by Gasteiger charge is -2.17. The molecule has 0 saturated carbocycles. The Balaban J connectivity index is 1.39. The molecule has 3 heterocycles. The average molecular weight is 425 g/mol. The number of amides is 1. The molecule has 1 N–H and O–H groups in total. The first-order valence-corrected chi connectivity index (χ1v) is 11.6. The number of carbonyl (C=O) groups is 1. The molecule has 1 atom stereocenters. The van der Waals surface area contributed by atoms with Crippen molar-refractivity contribution < 1.29 is 14.4 Å². The molecule has 166 valence electrons. The normalized spacial score (nSPS) is 16.4. The lowest BCUT2D eigenvalue weighted by molar-refractivity contribution is 0.131. The second kappa shape index (κ2) is 9.98. The van der Waals surface area contributed by atoms with E-state index in [1.807, 2.05) is 6.07 Å². The van der Waals surface area contributed by atoms with Gasteiger partial charge >= 0.3 is 6.09 Å². The fourth-order valence-corrected chi connectivity index (χ4v) is 4.51. The van der Waals surface area contributed by atoms with Crippen molar-refractivity contribution in [3.63, 3.8) is 0 Å². The first kappa shape index (κ1) is 21.4. The third-order valence-corrected chi connectivity index (χ3v) is 6.26. The number of unbranched alkanes of at least 4 members (excludes halogenated alkanes) is 6. The third kappa shape index (κ3) is 4.92. The summed E-state index contributed by atoms with van der Waals surface area (Å²) in [5.74, 6) is 0.889. The number of rotatable bonds is 10. The molecule has 3 aromatic rings. The highest BCUT2D eigenvalue weighted by Gasteiger charge is 2.34. The minimum Gasteiger partial charge on any atom is -0.465 e. The van der Waals surface area contributed by atoms with Gasteiger partial charge < -0.3 is 14.2 Å². The van der Waals surface area contributed by atoms with Gasteiger partial charge in [0.2, 0.25) is 11.7 Å². The maximum atomic E-state index is 11.4. The second-order valence-electron chi connectivity index (χ2n) is 8.49. The van der Waals surface area contributed by atoms with Crippen LogP contribution in [0, 0.1) is 0 Å². The SMILES string of the molecule is CCCCCCCCCn1ccc2cc(-c3noc(C4CCCN4C(=O)O)n3)ccc21. The quantitative estimate of drug-likeness (QED) is 0.388. The maximum absolute atomic E-state index is 11.4. The van der Waals surface area contributed by atoms with Crippen molar-refractivity contribution >= 4 is 17.0 Å². The molecule has 1 saturated heterocycles. The van der Waals surface area contributed by atoms with Crippen LogP contribution in [0.25, 0.3) is 22.3 Å². The predicted octanol–water partition coefficient (Wildman–Crippen LogP) is 6.26. The summed E-state index contributed by atoms with van der Waals surface area (Å²) in [5, 5.41) is 14.6. The van der Waals surface area contributed by atoms with Crippen LogP contribution < -0.4 is 0 Å². The molecule has 4 rings (SSSR count). The molecule has 0 spiro atoms. The molecule has 7 heteroatoms. The maximum Gasteiger partial charge on any atom is 0.407 e. The highest BCUT2D eigenvalue weighted by molar-refractivity contribution is 5.84. The molecular formula is C24H32N4O3. The van der Waals surface area contributed by atoms with E-state index < -0.39 is 6.09 Å². The largest absolute Gasteiger partial charge is 0.465 e. The zero-order valence-corrected chi connectivity index (χ0v) is 18.3. The fraction of sp³-hybridized carbons (Fsp3) is 0.542. The van der Waals surface area contributed by atoms with Crippen LogP contribution >= 0.6 is 0 Å². The van der Waals surface area contributed by atoms with Crippen molar-refractivity contribution in [2.75, 3.05) is 6.54 Å². The summed E-state index contributed by atoms with van der Waals surface area (Å²) in [7, 11) is 0. The molecule has 1 amide bonds. The van der Waals surface area contributed by atoms with Crippen LogP contribution in [0.1, 0.15) is 76.6 Å². The Morgan fingerprint density at radius 3 is 2.77 bits per heavy atom. The zero-order valence-electron chi connectivity index (χ0n) is 18.3. The minimum absolute atomic E-state index is 0.342. The van der Waals surface area contributed by atoms with Gasteiger partial charge in [0.15, 0.2) is 0 Å². The summed E-state index contributed by atoms with van der Waals surface area (Å²) < 4.78 is 7.75. The van der Waals surface area contributed by atoms with Crippen LogP contribution in [0.4, 0.5) is 4.79 Å². The highest BCUT2D eigenvalue weighted by Crippen LogP contribution is 2.32. The van der Waals surface area contributed by atoms with Crippen LogP contribution in [0.5, 0.6) is 0 Å². The van der Waals surface area contributed by atoms with E-state index in [1.165, 1.54) is 55.4 Å². The molecule has 1 unspecified atom stereocenters. The Morgan fingerprint density at radius 2 is 1.97 bits per heavy atom. The van der Waals surface area contributed by atoms with Crippen molar-refractivity contribution in [2.45, 2.75) is 77.3 Å². The monoisotopic (exact) mass is 424 g/mol. The van der Waals surface area contributed by atoms with Crippen molar-refractivity contribution in [2.24, 2.45) is 0 Å². The molecule has 1 aliphatic rings. The van der Waals surface area contributed by atoms with E-state index in [2.05, 4.69) is 46.0 Å². The van der Waals surface area contributed by atoms with E-state index in [0.717, 1.165) is 23.9 Å². The number of hydrogen-bond acceptors (Lipinski definition) is 4. The van der Waals surface area contributed by atoms with E-state index in [4.69, 9.17) is 4.52 Å². The summed E-state index contributed by atoms with van der Waals surface area (Å²) in [6, 6.07) is 7.99. The van der Waals surface area contributed by atoms with Crippen LogP contribution in [-0.2, 0) is 6.54 Å². The van der Waals surface area contributed by atoms with Crippen molar-refractivity contribution in [3.05, 3.63) is 36.4 Å². The van der Waals surface area contributed by atoms with Gasteiger partial charge in [-0.3, -0.25) is 4.90 Å². The van der Waals surface area contributed by atoms with Gasteiger partial charge in [0, 0.05) is 35.8 Å². The van der Waals surface area contributed by atoms with Gasteiger partial charge in [0.1, 0.15) is 6.04 Å². The van der Waals surface area contributed by atoms with Gasteiger partial charge in [0.05, 0.1) is 0 Å². The van der Waals surface area contributed by atoms with E-state index in [9.17, 15) is 9.90 Å². The molecular weight excluding hydrogens is 392 g/mol. The van der Waals surface area contributed by atoms with Gasteiger partial charge in [-0.25, -0.2) is 4.79 Å². The molecule has 1 fully saturated rings. The van der Waals surface area contributed by atoms with Crippen LogP contribution in [-0.4, -0.2) is 37.4 Å². The molecule has 1 aliphatic heterocycles. The molecule has 2 aromatic heterocycles. The summed E-state index contributed by atoms with van der Waals surface area (Å²) >= 11 is 0. The lowest BCUT2D eigenvalue weighted by Crippen LogP contribution is -2.28. The first-order chi connectivity index (χ1) is 15.2. The summed E-state index contributed by atoms with van der Waals surface area (Å²) in [4.78, 5) is 17.3. The van der Waals surface area contributed by atoms with Gasteiger partial charge in [-0.2, -0.15) is 4.98 Å². The molecule has 0 aliphatic carbocycles. The number of fused-ring (bicyclic) bond motifs is 1. The van der Waals surface area contributed by atoms with Crippen LogP contribution in [0.2, 0.25) is 0 Å². The van der Waals surface area contributed by atoms with Gasteiger partial charge in [-0.1, -0.05) is 50.6 Å². The average Bonchev–Trinajstić information content (AvgIpc) is 3.51. The van der Waals surface area contributed by atoms with Gasteiger partial charge in [0.25, 0.3) is 0 Å². The molecule has 7 nitrogen and oxygen atoms in total. The lowest BCUT2D eigenvalue weighted by atomic mass is 10.1. The Kier molecular flexibility index (Phi) is 6.89. The van der Waals surface area contributed by atoms with E-state index in [0.29, 0.717) is 24.7 Å². The number of likely N-dealkylation sites (tertiary alicyclic amines) is 1. The Morgan fingerprint density at radius 1 is 1.16 bits per heavy atom. The van der Waals surface area contributed by atoms with E-state index in [1.54, 1.807) is 0 Å². The van der Waals surface area contributed by atoms with Crippen molar-refractivity contribution in [1.29, 1.82) is 0 Å². The predicted molar refractivity (Wildman–Crippen MR) is 120 cm³/mol. The minimum atomic E-state index is -0.939. The number of aryl methyl sites for hydroxylation is 1. The topological polar surface area (TPSA) is 84.4 Å². The number of hydrogen-bond donors (Lipinski definition) is 1. The van der Waals surface area contributed by atoms with Crippen LogP contribution in [0.15, 0.2) is 35.0 Å². The number of carboxylic acid groups (broad SMARTS) is 1. The van der Waals surface area contributed by atoms with E-state index in [-0.39, 0.29) is 6.04 Å². The Labute approximate surface area is 183 Å². The van der Waals surface area contributed by atoms with Gasteiger partial charge in [-0.05, 0) is 43.5 Å². The molecule has 31 heavy (non-hydrogen) atoms. The summed E-state index contributed by atoms with van der Waals surface area (Å²) in [6.45, 7) is 3.80. The highest BCUT2D eigenvalue weighted by atomic mass is 16.5. The summed E-state index contributed by atoms with van der Waals surface area (Å²) in [5.41, 5.74) is 2.10.